The van der Waals surface area contributed by atoms with Crippen LogP contribution in [0.25, 0.3) is 0 Å². The average molecular weight is 278 g/mol. The summed E-state index contributed by atoms with van der Waals surface area (Å²) in [7, 11) is 0. The molecule has 1 saturated heterocycles. The summed E-state index contributed by atoms with van der Waals surface area (Å²) in [5.74, 6) is 0. The van der Waals surface area contributed by atoms with Crippen LogP contribution in [-0.2, 0) is 13.1 Å². The van der Waals surface area contributed by atoms with Crippen molar-refractivity contribution in [2.45, 2.75) is 66.2 Å². The normalized spacial score (nSPS) is 24.0. The first-order valence-corrected chi connectivity index (χ1v) is 7.72. The van der Waals surface area contributed by atoms with Crippen molar-refractivity contribution in [1.29, 1.82) is 0 Å². The molecule has 20 heavy (non-hydrogen) atoms. The molecule has 1 N–H and O–H groups in total. The lowest BCUT2D eigenvalue weighted by Crippen LogP contribution is -2.64. The number of rotatable bonds is 3. The van der Waals surface area contributed by atoms with Crippen molar-refractivity contribution in [3.05, 3.63) is 18.0 Å². The number of hydrogen-bond donors (Lipinski definition) is 1. The maximum Gasteiger partial charge on any atom is 0.0534 e. The summed E-state index contributed by atoms with van der Waals surface area (Å²) < 4.78 is 2.01. The minimum Gasteiger partial charge on any atom is -0.309 e. The number of piperazine rings is 1. The van der Waals surface area contributed by atoms with E-state index in [-0.39, 0.29) is 11.0 Å². The maximum atomic E-state index is 4.40. The second-order valence-electron chi connectivity index (χ2n) is 7.76. The Bertz CT molecular complexity index is 442. The van der Waals surface area contributed by atoms with Crippen molar-refractivity contribution in [3.8, 4) is 0 Å². The molecule has 114 valence electrons. The largest absolute Gasteiger partial charge is 0.309 e. The SMILES string of the molecule is CCn1cc(CN2CC(C)(C)NCC2C(C)(C)C)cn1. The van der Waals surface area contributed by atoms with Crippen LogP contribution in [0, 0.1) is 5.41 Å². The van der Waals surface area contributed by atoms with Gasteiger partial charge in [0.25, 0.3) is 0 Å². The molecule has 1 aromatic heterocycles. The molecule has 0 saturated carbocycles. The quantitative estimate of drug-likeness (QED) is 0.922. The minimum absolute atomic E-state index is 0.183. The van der Waals surface area contributed by atoms with Gasteiger partial charge in [-0.3, -0.25) is 9.58 Å². The molecule has 4 heteroatoms. The van der Waals surface area contributed by atoms with Crippen molar-refractivity contribution in [1.82, 2.24) is 20.0 Å². The van der Waals surface area contributed by atoms with Crippen LogP contribution in [0.2, 0.25) is 0 Å². The van der Waals surface area contributed by atoms with Gasteiger partial charge in [-0.05, 0) is 26.2 Å². The zero-order valence-electron chi connectivity index (χ0n) is 13.9. The molecule has 1 atom stereocenters. The summed E-state index contributed by atoms with van der Waals surface area (Å²) in [5, 5.41) is 8.08. The Morgan fingerprint density at radius 3 is 2.65 bits per heavy atom. The average Bonchev–Trinajstić information content (AvgIpc) is 2.73. The van der Waals surface area contributed by atoms with Crippen molar-refractivity contribution in [2.75, 3.05) is 13.1 Å². The molecule has 1 aliphatic rings. The van der Waals surface area contributed by atoms with Gasteiger partial charge in [0.05, 0.1) is 6.20 Å². The van der Waals surface area contributed by atoms with Gasteiger partial charge in [0, 0.05) is 49.5 Å². The van der Waals surface area contributed by atoms with Crippen LogP contribution in [-0.4, -0.2) is 39.4 Å². The summed E-state index contributed by atoms with van der Waals surface area (Å²) in [4.78, 5) is 2.62. The van der Waals surface area contributed by atoms with E-state index >= 15 is 0 Å². The van der Waals surface area contributed by atoms with Gasteiger partial charge in [0.1, 0.15) is 0 Å². The zero-order valence-corrected chi connectivity index (χ0v) is 13.9. The number of hydrogen-bond acceptors (Lipinski definition) is 3. The number of nitrogens with zero attached hydrogens (tertiary/aromatic N) is 3. The van der Waals surface area contributed by atoms with E-state index in [2.05, 4.69) is 63.1 Å². The third kappa shape index (κ3) is 3.61. The molecule has 0 radical (unpaired) electrons. The molecule has 0 spiro atoms. The fraction of sp³-hybridized carbons (Fsp3) is 0.812. The fourth-order valence-corrected chi connectivity index (χ4v) is 3.09. The van der Waals surface area contributed by atoms with E-state index in [4.69, 9.17) is 0 Å². The van der Waals surface area contributed by atoms with Gasteiger partial charge in [0.15, 0.2) is 0 Å². The Morgan fingerprint density at radius 1 is 1.40 bits per heavy atom. The molecule has 1 unspecified atom stereocenters. The predicted molar refractivity (Wildman–Crippen MR) is 83.6 cm³/mol. The fourth-order valence-electron chi connectivity index (χ4n) is 3.09. The van der Waals surface area contributed by atoms with Crippen LogP contribution in [0.4, 0.5) is 0 Å². The van der Waals surface area contributed by atoms with E-state index in [0.29, 0.717) is 6.04 Å². The summed E-state index contributed by atoms with van der Waals surface area (Å²) in [6, 6.07) is 0.556. The molecular formula is C16H30N4. The highest BCUT2D eigenvalue weighted by atomic mass is 15.3. The Kier molecular flexibility index (Phi) is 4.26. The monoisotopic (exact) mass is 278 g/mol. The molecule has 1 aliphatic heterocycles. The third-order valence-corrected chi connectivity index (χ3v) is 4.21. The Balaban J connectivity index is 2.14. The van der Waals surface area contributed by atoms with E-state index < -0.39 is 0 Å². The third-order valence-electron chi connectivity index (χ3n) is 4.21. The highest BCUT2D eigenvalue weighted by Crippen LogP contribution is 2.29. The topological polar surface area (TPSA) is 33.1 Å². The van der Waals surface area contributed by atoms with Gasteiger partial charge in [-0.15, -0.1) is 0 Å². The van der Waals surface area contributed by atoms with Gasteiger partial charge in [0.2, 0.25) is 0 Å². The Hall–Kier alpha value is -0.870. The molecule has 0 amide bonds. The molecular weight excluding hydrogens is 248 g/mol. The van der Waals surface area contributed by atoms with Gasteiger partial charge >= 0.3 is 0 Å². The number of nitrogens with one attached hydrogen (secondary N) is 1. The van der Waals surface area contributed by atoms with E-state index in [0.717, 1.165) is 26.2 Å². The number of aryl methyl sites for hydroxylation is 1. The zero-order chi connectivity index (χ0) is 15.0. The first-order chi connectivity index (χ1) is 9.21. The summed E-state index contributed by atoms with van der Waals surface area (Å²) in [6.07, 6.45) is 4.19. The standard InChI is InChI=1S/C16H30N4/c1-7-20-11-13(8-18-20)10-19-12-16(5,6)17-9-14(19)15(2,3)4/h8,11,14,17H,7,9-10,12H2,1-6H3. The Labute approximate surface area is 123 Å². The van der Waals surface area contributed by atoms with E-state index in [1.54, 1.807) is 0 Å². The second-order valence-corrected chi connectivity index (χ2v) is 7.76. The molecule has 0 aromatic carbocycles. The van der Waals surface area contributed by atoms with Crippen LogP contribution in [0.5, 0.6) is 0 Å². The first-order valence-electron chi connectivity index (χ1n) is 7.72. The summed E-state index contributed by atoms with van der Waals surface area (Å²) in [5.41, 5.74) is 1.78. The van der Waals surface area contributed by atoms with Crippen LogP contribution < -0.4 is 5.32 Å². The highest BCUT2D eigenvalue weighted by molar-refractivity contribution is 5.07. The van der Waals surface area contributed by atoms with Crippen LogP contribution in [0.3, 0.4) is 0 Å². The van der Waals surface area contributed by atoms with Gasteiger partial charge < -0.3 is 5.32 Å². The van der Waals surface area contributed by atoms with E-state index in [9.17, 15) is 0 Å². The molecule has 2 heterocycles. The molecule has 0 aliphatic carbocycles. The molecule has 2 rings (SSSR count). The number of aromatic nitrogens is 2. The van der Waals surface area contributed by atoms with Crippen molar-refractivity contribution < 1.29 is 0 Å². The summed E-state index contributed by atoms with van der Waals surface area (Å²) >= 11 is 0. The smallest absolute Gasteiger partial charge is 0.0534 e. The lowest BCUT2D eigenvalue weighted by molar-refractivity contribution is 0.0272. The predicted octanol–water partition coefficient (Wildman–Crippen LogP) is 2.50. The van der Waals surface area contributed by atoms with Crippen molar-refractivity contribution >= 4 is 0 Å². The molecule has 1 fully saturated rings. The minimum atomic E-state index is 0.183. The molecule has 1 aromatic rings. The van der Waals surface area contributed by atoms with Crippen LogP contribution >= 0.6 is 0 Å². The summed E-state index contributed by atoms with van der Waals surface area (Å²) in [6.45, 7) is 17.8. The first kappa shape index (κ1) is 15.5. The Morgan fingerprint density at radius 2 is 2.10 bits per heavy atom. The van der Waals surface area contributed by atoms with Crippen molar-refractivity contribution in [2.24, 2.45) is 5.41 Å². The van der Waals surface area contributed by atoms with Crippen molar-refractivity contribution in [3.63, 3.8) is 0 Å². The van der Waals surface area contributed by atoms with Gasteiger partial charge in [-0.25, -0.2) is 0 Å². The second kappa shape index (κ2) is 5.49. The highest BCUT2D eigenvalue weighted by Gasteiger charge is 2.38. The van der Waals surface area contributed by atoms with E-state index in [1.165, 1.54) is 5.56 Å². The molecule has 0 bridgehead atoms. The maximum absolute atomic E-state index is 4.40. The van der Waals surface area contributed by atoms with Crippen LogP contribution in [0.15, 0.2) is 12.4 Å². The van der Waals surface area contributed by atoms with Gasteiger partial charge in [-0.1, -0.05) is 20.8 Å². The lowest BCUT2D eigenvalue weighted by Gasteiger charge is -2.49. The molecule has 4 nitrogen and oxygen atoms in total. The lowest BCUT2D eigenvalue weighted by atomic mass is 9.82. The van der Waals surface area contributed by atoms with E-state index in [1.807, 2.05) is 10.9 Å². The van der Waals surface area contributed by atoms with Gasteiger partial charge in [-0.2, -0.15) is 5.10 Å². The van der Waals surface area contributed by atoms with Crippen LogP contribution in [0.1, 0.15) is 47.1 Å².